The molecule has 0 fully saturated rings. The average Bonchev–Trinajstić information content (AvgIpc) is 3.11. The molecule has 0 saturated heterocycles. The topological polar surface area (TPSA) is 55.3 Å². The molecule has 27 heavy (non-hydrogen) atoms. The molecule has 0 aliphatic heterocycles. The van der Waals surface area contributed by atoms with Crippen LogP contribution in [0.25, 0.3) is 0 Å². The molecule has 2 amide bonds. The van der Waals surface area contributed by atoms with Gasteiger partial charge in [-0.1, -0.05) is 23.7 Å². The lowest BCUT2D eigenvalue weighted by atomic mass is 10.2. The van der Waals surface area contributed by atoms with Crippen molar-refractivity contribution in [2.24, 2.45) is 0 Å². The number of nitrogens with one attached hydrogen (secondary N) is 2. The van der Waals surface area contributed by atoms with Crippen LogP contribution in [0.15, 0.2) is 66.9 Å². The van der Waals surface area contributed by atoms with E-state index in [1.54, 1.807) is 0 Å². The van der Waals surface area contributed by atoms with Crippen molar-refractivity contribution in [1.82, 2.24) is 9.88 Å². The van der Waals surface area contributed by atoms with Gasteiger partial charge < -0.3 is 19.9 Å². The minimum atomic E-state index is -0.251. The maximum Gasteiger partial charge on any atom is 0.319 e. The van der Waals surface area contributed by atoms with Crippen molar-refractivity contribution in [3.8, 4) is 5.75 Å². The van der Waals surface area contributed by atoms with Gasteiger partial charge in [-0.25, -0.2) is 4.79 Å². The predicted octanol–water partition coefficient (Wildman–Crippen LogP) is 4.91. The molecular weight excluding hydrogens is 362 g/mol. The van der Waals surface area contributed by atoms with Crippen LogP contribution in [0.5, 0.6) is 5.75 Å². The number of ether oxygens (including phenoxy) is 1. The van der Waals surface area contributed by atoms with Crippen molar-refractivity contribution < 1.29 is 9.53 Å². The van der Waals surface area contributed by atoms with Crippen LogP contribution in [0.1, 0.15) is 18.2 Å². The summed E-state index contributed by atoms with van der Waals surface area (Å²) in [6.45, 7) is 3.70. The lowest BCUT2D eigenvalue weighted by Gasteiger charge is -2.12. The molecule has 3 aromatic rings. The van der Waals surface area contributed by atoms with E-state index in [0.29, 0.717) is 18.8 Å². The van der Waals surface area contributed by atoms with Gasteiger partial charge in [0.1, 0.15) is 5.75 Å². The Labute approximate surface area is 163 Å². The lowest BCUT2D eigenvalue weighted by molar-refractivity contribution is 0.251. The SMILES string of the molecule is CCOc1ccc(NC(=O)NCc2cccn2Cc2ccc(Cl)cc2)cc1. The van der Waals surface area contributed by atoms with E-state index < -0.39 is 0 Å². The summed E-state index contributed by atoms with van der Waals surface area (Å²) >= 11 is 5.93. The second-order valence-electron chi connectivity index (χ2n) is 6.02. The highest BCUT2D eigenvalue weighted by Gasteiger charge is 2.06. The first-order valence-corrected chi connectivity index (χ1v) is 9.18. The van der Waals surface area contributed by atoms with E-state index >= 15 is 0 Å². The number of carbonyl (C=O) groups is 1. The van der Waals surface area contributed by atoms with Crippen molar-refractivity contribution in [3.05, 3.63) is 83.1 Å². The number of amides is 2. The summed E-state index contributed by atoms with van der Waals surface area (Å²) in [5.74, 6) is 0.781. The third-order valence-electron chi connectivity index (χ3n) is 4.04. The number of aromatic nitrogens is 1. The van der Waals surface area contributed by atoms with Crippen LogP contribution < -0.4 is 15.4 Å². The number of halogens is 1. The highest BCUT2D eigenvalue weighted by atomic mass is 35.5. The summed E-state index contributed by atoms with van der Waals surface area (Å²) in [6.07, 6.45) is 2.00. The van der Waals surface area contributed by atoms with Gasteiger partial charge in [0.25, 0.3) is 0 Å². The quantitative estimate of drug-likeness (QED) is 0.609. The monoisotopic (exact) mass is 383 g/mol. The van der Waals surface area contributed by atoms with Crippen LogP contribution in [-0.4, -0.2) is 17.2 Å². The molecule has 2 N–H and O–H groups in total. The molecule has 0 atom stereocenters. The lowest BCUT2D eigenvalue weighted by Crippen LogP contribution is -2.29. The van der Waals surface area contributed by atoms with Crippen LogP contribution in [0, 0.1) is 0 Å². The number of rotatable bonds is 7. The molecule has 6 heteroatoms. The molecule has 2 aromatic carbocycles. The molecule has 0 radical (unpaired) electrons. The fourth-order valence-corrected chi connectivity index (χ4v) is 2.82. The number of hydrogen-bond acceptors (Lipinski definition) is 2. The Hall–Kier alpha value is -2.92. The van der Waals surface area contributed by atoms with Gasteiger partial charge in [0.05, 0.1) is 13.2 Å². The Morgan fingerprint density at radius 1 is 1.07 bits per heavy atom. The highest BCUT2D eigenvalue weighted by Crippen LogP contribution is 2.16. The molecule has 3 rings (SSSR count). The van der Waals surface area contributed by atoms with Gasteiger partial charge in [0, 0.05) is 29.1 Å². The summed E-state index contributed by atoms with van der Waals surface area (Å²) in [7, 11) is 0. The van der Waals surface area contributed by atoms with Crippen molar-refractivity contribution in [3.63, 3.8) is 0 Å². The van der Waals surface area contributed by atoms with Crippen LogP contribution in [0.3, 0.4) is 0 Å². The Bertz CT molecular complexity index is 873. The zero-order chi connectivity index (χ0) is 19.1. The summed E-state index contributed by atoms with van der Waals surface area (Å²) in [5, 5.41) is 6.43. The molecule has 0 saturated carbocycles. The zero-order valence-corrected chi connectivity index (χ0v) is 15.9. The Morgan fingerprint density at radius 3 is 2.52 bits per heavy atom. The van der Waals surface area contributed by atoms with E-state index in [0.717, 1.165) is 28.6 Å². The highest BCUT2D eigenvalue weighted by molar-refractivity contribution is 6.30. The molecule has 1 heterocycles. The van der Waals surface area contributed by atoms with E-state index in [9.17, 15) is 4.79 Å². The van der Waals surface area contributed by atoms with Crippen molar-refractivity contribution in [2.75, 3.05) is 11.9 Å². The maximum absolute atomic E-state index is 12.1. The largest absolute Gasteiger partial charge is 0.494 e. The number of hydrogen-bond donors (Lipinski definition) is 2. The third-order valence-corrected chi connectivity index (χ3v) is 4.29. The molecule has 1 aromatic heterocycles. The summed E-state index contributed by atoms with van der Waals surface area (Å²) in [4.78, 5) is 12.1. The first kappa shape index (κ1) is 18.9. The average molecular weight is 384 g/mol. The predicted molar refractivity (Wildman–Crippen MR) is 108 cm³/mol. The van der Waals surface area contributed by atoms with Crippen LogP contribution in [0.4, 0.5) is 10.5 Å². The minimum absolute atomic E-state index is 0.251. The first-order valence-electron chi connectivity index (χ1n) is 8.80. The van der Waals surface area contributed by atoms with Crippen LogP contribution in [0.2, 0.25) is 5.02 Å². The standard InChI is InChI=1S/C21H22ClN3O2/c1-2-27-20-11-9-18(10-12-20)24-21(26)23-14-19-4-3-13-25(19)15-16-5-7-17(22)8-6-16/h3-13H,2,14-15H2,1H3,(H2,23,24,26). The maximum atomic E-state index is 12.1. The first-order chi connectivity index (χ1) is 13.1. The van der Waals surface area contributed by atoms with E-state index in [2.05, 4.69) is 15.2 Å². The number of carbonyl (C=O) groups excluding carboxylic acids is 1. The third kappa shape index (κ3) is 5.53. The van der Waals surface area contributed by atoms with Gasteiger partial charge in [0.15, 0.2) is 0 Å². The van der Waals surface area contributed by atoms with Gasteiger partial charge in [-0.05, 0) is 61.0 Å². The molecule has 0 unspecified atom stereocenters. The van der Waals surface area contributed by atoms with Crippen molar-refractivity contribution in [2.45, 2.75) is 20.0 Å². The van der Waals surface area contributed by atoms with E-state index in [1.165, 1.54) is 0 Å². The molecule has 0 spiro atoms. The molecule has 140 valence electrons. The number of benzene rings is 2. The van der Waals surface area contributed by atoms with E-state index in [1.807, 2.05) is 73.8 Å². The Morgan fingerprint density at radius 2 is 1.81 bits per heavy atom. The number of anilines is 1. The number of urea groups is 1. The smallest absolute Gasteiger partial charge is 0.319 e. The second kappa shape index (κ2) is 9.14. The number of nitrogens with zero attached hydrogens (tertiary/aromatic N) is 1. The fourth-order valence-electron chi connectivity index (χ4n) is 2.70. The summed E-state index contributed by atoms with van der Waals surface area (Å²) in [6, 6.07) is 18.7. The van der Waals surface area contributed by atoms with Crippen LogP contribution >= 0.6 is 11.6 Å². The van der Waals surface area contributed by atoms with E-state index in [-0.39, 0.29) is 6.03 Å². The van der Waals surface area contributed by atoms with Crippen molar-refractivity contribution >= 4 is 23.3 Å². The minimum Gasteiger partial charge on any atom is -0.494 e. The van der Waals surface area contributed by atoms with Gasteiger partial charge in [-0.2, -0.15) is 0 Å². The van der Waals surface area contributed by atoms with Gasteiger partial charge in [0.2, 0.25) is 0 Å². The summed E-state index contributed by atoms with van der Waals surface area (Å²) < 4.78 is 7.49. The van der Waals surface area contributed by atoms with Gasteiger partial charge >= 0.3 is 6.03 Å². The Balaban J connectivity index is 1.53. The molecule has 0 aliphatic carbocycles. The van der Waals surface area contributed by atoms with Crippen molar-refractivity contribution in [1.29, 1.82) is 0 Å². The summed E-state index contributed by atoms with van der Waals surface area (Å²) in [5.41, 5.74) is 2.88. The normalized spacial score (nSPS) is 10.4. The molecule has 0 bridgehead atoms. The molecule has 0 aliphatic rings. The Kier molecular flexibility index (Phi) is 6.39. The molecule has 5 nitrogen and oxygen atoms in total. The van der Waals surface area contributed by atoms with Gasteiger partial charge in [-0.3, -0.25) is 0 Å². The second-order valence-corrected chi connectivity index (χ2v) is 6.46. The van der Waals surface area contributed by atoms with Crippen LogP contribution in [-0.2, 0) is 13.1 Å². The fraction of sp³-hybridized carbons (Fsp3) is 0.190. The zero-order valence-electron chi connectivity index (χ0n) is 15.1. The van der Waals surface area contributed by atoms with E-state index in [4.69, 9.17) is 16.3 Å². The van der Waals surface area contributed by atoms with Gasteiger partial charge in [-0.15, -0.1) is 0 Å². The molecular formula is C21H22ClN3O2.